The predicted molar refractivity (Wildman–Crippen MR) is 70.8 cm³/mol. The van der Waals surface area contributed by atoms with Crippen molar-refractivity contribution in [1.82, 2.24) is 4.98 Å². The van der Waals surface area contributed by atoms with Crippen LogP contribution in [0.5, 0.6) is 0 Å². The minimum Gasteiger partial charge on any atom is -0.376 e. The molecule has 18 heavy (non-hydrogen) atoms. The van der Waals surface area contributed by atoms with Gasteiger partial charge in [-0.1, -0.05) is 24.3 Å². The Kier molecular flexibility index (Phi) is 3.39. The Morgan fingerprint density at radius 1 is 1.22 bits per heavy atom. The highest BCUT2D eigenvalue weighted by Crippen LogP contribution is 2.20. The van der Waals surface area contributed by atoms with Crippen LogP contribution < -0.4 is 5.32 Å². The van der Waals surface area contributed by atoms with E-state index in [9.17, 15) is 0 Å². The average Bonchev–Trinajstić information content (AvgIpc) is 2.46. The first-order chi connectivity index (χ1) is 8.93. The molecule has 0 bridgehead atoms. The number of aromatic nitrogens is 1. The Balaban J connectivity index is 1.74. The number of hydrogen-bond donors (Lipinski definition) is 1. The molecule has 1 aromatic heterocycles. The lowest BCUT2D eigenvalue weighted by atomic mass is 10.1. The lowest BCUT2D eigenvalue weighted by Crippen LogP contribution is -2.34. The van der Waals surface area contributed by atoms with E-state index in [-0.39, 0.29) is 6.10 Å². The van der Waals surface area contributed by atoms with E-state index in [4.69, 9.17) is 9.47 Å². The molecule has 4 heteroatoms. The van der Waals surface area contributed by atoms with E-state index in [2.05, 4.69) is 22.4 Å². The summed E-state index contributed by atoms with van der Waals surface area (Å²) >= 11 is 0. The highest BCUT2D eigenvalue weighted by Gasteiger charge is 2.14. The van der Waals surface area contributed by atoms with E-state index in [1.165, 1.54) is 5.39 Å². The predicted octanol–water partition coefficient (Wildman–Crippen LogP) is 2.06. The van der Waals surface area contributed by atoms with Crippen molar-refractivity contribution in [1.29, 1.82) is 0 Å². The van der Waals surface area contributed by atoms with Crippen LogP contribution in [0.1, 0.15) is 0 Å². The summed E-state index contributed by atoms with van der Waals surface area (Å²) < 4.78 is 11.0. The van der Waals surface area contributed by atoms with E-state index in [1.807, 2.05) is 24.4 Å². The largest absolute Gasteiger partial charge is 0.376 e. The number of ether oxygens (including phenoxy) is 2. The molecule has 0 amide bonds. The Labute approximate surface area is 106 Å². The van der Waals surface area contributed by atoms with Gasteiger partial charge in [0.15, 0.2) is 0 Å². The summed E-state index contributed by atoms with van der Waals surface area (Å²) in [6, 6.07) is 10.2. The smallest absolute Gasteiger partial charge is 0.133 e. The molecule has 2 aromatic rings. The second-order valence-corrected chi connectivity index (χ2v) is 4.33. The van der Waals surface area contributed by atoms with Crippen molar-refractivity contribution in [3.63, 3.8) is 0 Å². The van der Waals surface area contributed by atoms with Crippen molar-refractivity contribution in [3.05, 3.63) is 36.5 Å². The highest BCUT2D eigenvalue weighted by molar-refractivity contribution is 5.91. The van der Waals surface area contributed by atoms with Crippen molar-refractivity contribution in [2.45, 2.75) is 6.10 Å². The van der Waals surface area contributed by atoms with Crippen LogP contribution in [0, 0.1) is 0 Å². The standard InChI is InChI=1S/C14H16N2O2/c1-2-4-13-11(3-1)5-6-15-14(13)16-9-12-10-17-7-8-18-12/h1-6,12H,7-10H2,(H,15,16). The van der Waals surface area contributed by atoms with E-state index in [1.54, 1.807) is 0 Å². The lowest BCUT2D eigenvalue weighted by Gasteiger charge is -2.23. The van der Waals surface area contributed by atoms with Crippen molar-refractivity contribution in [3.8, 4) is 0 Å². The second-order valence-electron chi connectivity index (χ2n) is 4.33. The monoisotopic (exact) mass is 244 g/mol. The first kappa shape index (κ1) is 11.4. The van der Waals surface area contributed by atoms with E-state index in [0.29, 0.717) is 19.8 Å². The summed E-state index contributed by atoms with van der Waals surface area (Å²) in [5, 5.41) is 5.67. The summed E-state index contributed by atoms with van der Waals surface area (Å²) in [6.07, 6.45) is 1.93. The number of pyridine rings is 1. The molecule has 4 nitrogen and oxygen atoms in total. The number of nitrogens with one attached hydrogen (secondary N) is 1. The number of rotatable bonds is 3. The molecule has 1 N–H and O–H groups in total. The topological polar surface area (TPSA) is 43.4 Å². The fourth-order valence-corrected chi connectivity index (χ4v) is 2.13. The van der Waals surface area contributed by atoms with Crippen LogP contribution in [-0.2, 0) is 9.47 Å². The van der Waals surface area contributed by atoms with Gasteiger partial charge >= 0.3 is 0 Å². The Morgan fingerprint density at radius 2 is 2.17 bits per heavy atom. The number of fused-ring (bicyclic) bond motifs is 1. The summed E-state index contributed by atoms with van der Waals surface area (Å²) in [7, 11) is 0. The fourth-order valence-electron chi connectivity index (χ4n) is 2.13. The third kappa shape index (κ3) is 2.44. The zero-order valence-corrected chi connectivity index (χ0v) is 10.1. The average molecular weight is 244 g/mol. The molecule has 1 aromatic carbocycles. The third-order valence-electron chi connectivity index (χ3n) is 3.06. The molecular formula is C14H16N2O2. The maximum absolute atomic E-state index is 5.60. The molecule has 3 rings (SSSR count). The molecular weight excluding hydrogens is 228 g/mol. The van der Waals surface area contributed by atoms with Crippen LogP contribution in [0.15, 0.2) is 36.5 Å². The van der Waals surface area contributed by atoms with Crippen LogP contribution >= 0.6 is 0 Å². The van der Waals surface area contributed by atoms with Gasteiger partial charge in [0.1, 0.15) is 5.82 Å². The SMILES string of the molecule is c1ccc2c(NCC3COCCO3)nccc2c1. The molecule has 1 atom stereocenters. The Hall–Kier alpha value is -1.65. The quantitative estimate of drug-likeness (QED) is 0.897. The Morgan fingerprint density at radius 3 is 3.06 bits per heavy atom. The van der Waals surface area contributed by atoms with Gasteiger partial charge in [-0.15, -0.1) is 0 Å². The van der Waals surface area contributed by atoms with Gasteiger partial charge in [-0.2, -0.15) is 0 Å². The van der Waals surface area contributed by atoms with Crippen molar-refractivity contribution < 1.29 is 9.47 Å². The highest BCUT2D eigenvalue weighted by atomic mass is 16.6. The van der Waals surface area contributed by atoms with Crippen LogP contribution in [0.3, 0.4) is 0 Å². The zero-order valence-electron chi connectivity index (χ0n) is 10.1. The summed E-state index contributed by atoms with van der Waals surface area (Å²) in [5.41, 5.74) is 0. The maximum Gasteiger partial charge on any atom is 0.133 e. The molecule has 0 saturated carbocycles. The van der Waals surface area contributed by atoms with Gasteiger partial charge in [0.05, 0.1) is 25.9 Å². The zero-order chi connectivity index (χ0) is 12.2. The van der Waals surface area contributed by atoms with Gasteiger partial charge in [0, 0.05) is 18.1 Å². The molecule has 94 valence electrons. The van der Waals surface area contributed by atoms with E-state index >= 15 is 0 Å². The molecule has 1 saturated heterocycles. The minimum absolute atomic E-state index is 0.111. The normalized spacial score (nSPS) is 19.9. The van der Waals surface area contributed by atoms with Gasteiger partial charge in [0.2, 0.25) is 0 Å². The van der Waals surface area contributed by atoms with Gasteiger partial charge in [0.25, 0.3) is 0 Å². The van der Waals surface area contributed by atoms with Gasteiger partial charge in [-0.25, -0.2) is 4.98 Å². The molecule has 0 spiro atoms. The summed E-state index contributed by atoms with van der Waals surface area (Å²) in [4.78, 5) is 4.38. The molecule has 0 radical (unpaired) electrons. The van der Waals surface area contributed by atoms with Crippen LogP contribution in [0.4, 0.5) is 5.82 Å². The van der Waals surface area contributed by atoms with Gasteiger partial charge in [-0.05, 0) is 11.5 Å². The Bertz CT molecular complexity index is 519. The summed E-state index contributed by atoms with van der Waals surface area (Å²) in [5.74, 6) is 0.905. The van der Waals surface area contributed by atoms with Crippen LogP contribution in [0.2, 0.25) is 0 Å². The van der Waals surface area contributed by atoms with E-state index in [0.717, 1.165) is 17.7 Å². The molecule has 1 aliphatic heterocycles. The molecule has 1 fully saturated rings. The van der Waals surface area contributed by atoms with E-state index < -0.39 is 0 Å². The van der Waals surface area contributed by atoms with Crippen molar-refractivity contribution in [2.24, 2.45) is 0 Å². The third-order valence-corrected chi connectivity index (χ3v) is 3.06. The fraction of sp³-hybridized carbons (Fsp3) is 0.357. The number of nitrogens with zero attached hydrogens (tertiary/aromatic N) is 1. The molecule has 1 aliphatic rings. The second kappa shape index (κ2) is 5.33. The lowest BCUT2D eigenvalue weighted by molar-refractivity contribution is -0.0819. The van der Waals surface area contributed by atoms with Gasteiger partial charge < -0.3 is 14.8 Å². The van der Waals surface area contributed by atoms with Crippen molar-refractivity contribution in [2.75, 3.05) is 31.7 Å². The maximum atomic E-state index is 5.60. The number of anilines is 1. The van der Waals surface area contributed by atoms with Crippen LogP contribution in [-0.4, -0.2) is 37.5 Å². The summed E-state index contributed by atoms with van der Waals surface area (Å²) in [6.45, 7) is 2.75. The molecule has 0 aliphatic carbocycles. The van der Waals surface area contributed by atoms with Crippen LogP contribution in [0.25, 0.3) is 10.8 Å². The molecule has 2 heterocycles. The van der Waals surface area contributed by atoms with Gasteiger partial charge in [-0.3, -0.25) is 0 Å². The first-order valence-electron chi connectivity index (χ1n) is 6.20. The van der Waals surface area contributed by atoms with Crippen molar-refractivity contribution >= 4 is 16.6 Å². The minimum atomic E-state index is 0.111. The molecule has 1 unspecified atom stereocenters. The number of benzene rings is 1. The number of hydrogen-bond acceptors (Lipinski definition) is 4. The first-order valence-corrected chi connectivity index (χ1v) is 6.20.